The number of hydrogen-bond donors (Lipinski definition) is 4. The van der Waals surface area contributed by atoms with Crippen LogP contribution in [0.2, 0.25) is 0 Å². The number of hydrogen-bond acceptors (Lipinski definition) is 7. The third kappa shape index (κ3) is 7.59. The van der Waals surface area contributed by atoms with Crippen molar-refractivity contribution in [3.8, 4) is 0 Å². The van der Waals surface area contributed by atoms with E-state index in [9.17, 15) is 28.8 Å². The summed E-state index contributed by atoms with van der Waals surface area (Å²) in [5.41, 5.74) is 4.47. The summed E-state index contributed by atoms with van der Waals surface area (Å²) in [6.07, 6.45) is 2.39. The molecule has 38 heavy (non-hydrogen) atoms. The van der Waals surface area contributed by atoms with Crippen molar-refractivity contribution in [2.75, 3.05) is 6.54 Å². The molecule has 5 amide bonds. The minimum Gasteiger partial charge on any atom is -0.363 e. The first kappa shape index (κ1) is 30.4. The van der Waals surface area contributed by atoms with Crippen molar-refractivity contribution in [2.45, 2.75) is 78.6 Å². The maximum atomic E-state index is 13.6. The number of nitrogens with zero attached hydrogens (tertiary/aromatic N) is 2. The molecule has 1 aliphatic heterocycles. The Morgan fingerprint density at radius 3 is 2.21 bits per heavy atom. The van der Waals surface area contributed by atoms with Crippen molar-refractivity contribution >= 4 is 35.3 Å². The van der Waals surface area contributed by atoms with Gasteiger partial charge in [0.2, 0.25) is 23.4 Å². The van der Waals surface area contributed by atoms with E-state index in [1.807, 2.05) is 0 Å². The topological polar surface area (TPSA) is 181 Å². The van der Waals surface area contributed by atoms with Crippen molar-refractivity contribution in [1.29, 1.82) is 0 Å². The van der Waals surface area contributed by atoms with Crippen LogP contribution >= 0.6 is 0 Å². The Labute approximate surface area is 222 Å². The minimum atomic E-state index is -1.17. The zero-order valence-electron chi connectivity index (χ0n) is 22.7. The lowest BCUT2D eigenvalue weighted by molar-refractivity contribution is -0.143. The van der Waals surface area contributed by atoms with E-state index in [2.05, 4.69) is 20.9 Å². The molecule has 12 nitrogen and oxygen atoms in total. The fraction of sp³-hybridized carbons (Fsp3) is 0.577. The highest BCUT2D eigenvalue weighted by molar-refractivity contribution is 6.37. The van der Waals surface area contributed by atoms with Gasteiger partial charge < -0.3 is 26.6 Å². The second-order valence-electron chi connectivity index (χ2n) is 10.9. The number of carbonyl (C=O) groups is 6. The number of urea groups is 1. The number of carbonyl (C=O) groups excluding carboxylic acids is 6. The van der Waals surface area contributed by atoms with E-state index in [1.165, 1.54) is 18.0 Å². The first-order valence-electron chi connectivity index (χ1n) is 12.6. The van der Waals surface area contributed by atoms with Crippen molar-refractivity contribution in [1.82, 2.24) is 25.8 Å². The molecule has 1 fully saturated rings. The minimum absolute atomic E-state index is 0.213. The maximum Gasteiger partial charge on any atom is 0.316 e. The van der Waals surface area contributed by atoms with Crippen LogP contribution in [0, 0.1) is 11.3 Å². The van der Waals surface area contributed by atoms with Crippen molar-refractivity contribution in [2.24, 2.45) is 17.1 Å². The molecule has 12 heteroatoms. The van der Waals surface area contributed by atoms with Gasteiger partial charge in [-0.3, -0.25) is 29.0 Å². The van der Waals surface area contributed by atoms with Gasteiger partial charge in [-0.15, -0.1) is 0 Å². The third-order valence-corrected chi connectivity index (χ3v) is 6.37. The van der Waals surface area contributed by atoms with Crippen LogP contribution in [0.4, 0.5) is 4.79 Å². The fourth-order valence-electron chi connectivity index (χ4n) is 4.22. The van der Waals surface area contributed by atoms with E-state index in [0.717, 1.165) is 0 Å². The summed E-state index contributed by atoms with van der Waals surface area (Å²) in [5, 5.41) is 7.82. The predicted octanol–water partition coefficient (Wildman–Crippen LogP) is 0.553. The second kappa shape index (κ2) is 12.6. The quantitative estimate of drug-likeness (QED) is 0.252. The van der Waals surface area contributed by atoms with Gasteiger partial charge in [0, 0.05) is 12.7 Å². The lowest BCUT2D eigenvalue weighted by Crippen LogP contribution is -2.61. The van der Waals surface area contributed by atoms with Crippen LogP contribution in [0.3, 0.4) is 0 Å². The summed E-state index contributed by atoms with van der Waals surface area (Å²) in [4.78, 5) is 80.9. The monoisotopic (exact) mass is 530 g/mol. The van der Waals surface area contributed by atoms with Crippen molar-refractivity contribution in [3.63, 3.8) is 0 Å². The Kier molecular flexibility index (Phi) is 10.1. The molecule has 0 bridgehead atoms. The standard InChI is InChI=1S/C26H38N6O6/c1-14(2)18(20(34)16-10-7-8-12-28-16)30-25(38)31-21(26(4,5)6)24(37)32-13-9-11-17(32)23(36)29-15(3)19(33)22(27)35/h7-8,10,12,14-15,17-18,21H,9,11,13H2,1-6H3,(H2,27,35)(H,29,36)(H2,30,31,38). The molecule has 1 saturated heterocycles. The first-order valence-corrected chi connectivity index (χ1v) is 12.6. The number of nitrogens with two attached hydrogens (primary N) is 1. The lowest BCUT2D eigenvalue weighted by atomic mass is 9.85. The second-order valence-corrected chi connectivity index (χ2v) is 10.9. The largest absolute Gasteiger partial charge is 0.363 e. The third-order valence-electron chi connectivity index (χ3n) is 6.37. The van der Waals surface area contributed by atoms with Crippen molar-refractivity contribution < 1.29 is 28.8 Å². The first-order chi connectivity index (χ1) is 17.6. The number of amides is 5. The number of aromatic nitrogens is 1. The van der Waals surface area contributed by atoms with Gasteiger partial charge in [0.15, 0.2) is 0 Å². The van der Waals surface area contributed by atoms with Crippen LogP contribution < -0.4 is 21.7 Å². The molecule has 2 heterocycles. The molecular formula is C26H38N6O6. The molecule has 4 unspecified atom stereocenters. The zero-order chi connectivity index (χ0) is 28.8. The molecule has 0 aliphatic carbocycles. The molecule has 1 aromatic heterocycles. The fourth-order valence-corrected chi connectivity index (χ4v) is 4.22. The lowest BCUT2D eigenvalue weighted by Gasteiger charge is -2.36. The highest BCUT2D eigenvalue weighted by Crippen LogP contribution is 2.26. The number of pyridine rings is 1. The van der Waals surface area contributed by atoms with Crippen LogP contribution in [-0.4, -0.2) is 75.9 Å². The number of primary amides is 1. The molecule has 0 spiro atoms. The number of Topliss-reactive ketones (excluding diaryl/α,β-unsaturated/α-hetero) is 2. The SMILES string of the molecule is CC(NC(=O)C1CCCN1C(=O)C(NC(=O)NC(C(=O)c1ccccn1)C(C)C)C(C)(C)C)C(=O)C(N)=O. The summed E-state index contributed by atoms with van der Waals surface area (Å²) in [5.74, 6) is -3.78. The van der Waals surface area contributed by atoms with Crippen LogP contribution in [0.5, 0.6) is 0 Å². The number of ketones is 2. The number of rotatable bonds is 10. The van der Waals surface area contributed by atoms with E-state index in [1.54, 1.807) is 52.8 Å². The summed E-state index contributed by atoms with van der Waals surface area (Å²) in [7, 11) is 0. The van der Waals surface area contributed by atoms with E-state index in [-0.39, 0.29) is 23.9 Å². The molecule has 5 N–H and O–H groups in total. The van der Waals surface area contributed by atoms with Crippen LogP contribution in [0.15, 0.2) is 24.4 Å². The molecular weight excluding hydrogens is 492 g/mol. The Morgan fingerprint density at radius 2 is 1.68 bits per heavy atom. The Hall–Kier alpha value is -3.83. The maximum absolute atomic E-state index is 13.6. The van der Waals surface area contributed by atoms with Gasteiger partial charge in [-0.05, 0) is 43.2 Å². The molecule has 4 atom stereocenters. The summed E-state index contributed by atoms with van der Waals surface area (Å²) in [6.45, 7) is 10.5. The van der Waals surface area contributed by atoms with E-state index in [0.29, 0.717) is 12.8 Å². The smallest absolute Gasteiger partial charge is 0.316 e. The molecule has 0 saturated carbocycles. The van der Waals surface area contributed by atoms with Gasteiger partial charge in [-0.1, -0.05) is 40.7 Å². The van der Waals surface area contributed by atoms with Crippen LogP contribution in [0.1, 0.15) is 64.9 Å². The molecule has 208 valence electrons. The molecule has 1 aromatic rings. The van der Waals surface area contributed by atoms with Gasteiger partial charge >= 0.3 is 6.03 Å². The van der Waals surface area contributed by atoms with Crippen molar-refractivity contribution in [3.05, 3.63) is 30.1 Å². The number of nitrogens with one attached hydrogen (secondary N) is 3. The van der Waals surface area contributed by atoms with Crippen LogP contribution in [-0.2, 0) is 19.2 Å². The zero-order valence-corrected chi connectivity index (χ0v) is 22.7. The Bertz CT molecular complexity index is 1070. The van der Waals surface area contributed by atoms with E-state index >= 15 is 0 Å². The summed E-state index contributed by atoms with van der Waals surface area (Å²) < 4.78 is 0. The normalized spacial score (nSPS) is 17.8. The summed E-state index contributed by atoms with van der Waals surface area (Å²) >= 11 is 0. The van der Waals surface area contributed by atoms with Gasteiger partial charge in [-0.25, -0.2) is 4.79 Å². The predicted molar refractivity (Wildman–Crippen MR) is 139 cm³/mol. The van der Waals surface area contributed by atoms with E-state index in [4.69, 9.17) is 5.73 Å². The molecule has 0 radical (unpaired) electrons. The Morgan fingerprint density at radius 1 is 1.03 bits per heavy atom. The molecule has 0 aromatic carbocycles. The van der Waals surface area contributed by atoms with Crippen LogP contribution in [0.25, 0.3) is 0 Å². The average molecular weight is 531 g/mol. The molecule has 1 aliphatic rings. The highest BCUT2D eigenvalue weighted by Gasteiger charge is 2.42. The summed E-state index contributed by atoms with van der Waals surface area (Å²) in [6, 6.07) is 0.298. The van der Waals surface area contributed by atoms with Gasteiger partial charge in [0.05, 0.1) is 12.1 Å². The van der Waals surface area contributed by atoms with Gasteiger partial charge in [0.1, 0.15) is 17.8 Å². The van der Waals surface area contributed by atoms with Gasteiger partial charge in [-0.2, -0.15) is 0 Å². The van der Waals surface area contributed by atoms with E-state index < -0.39 is 59.1 Å². The Balaban J connectivity index is 2.17. The average Bonchev–Trinajstić information content (AvgIpc) is 3.34. The number of likely N-dealkylation sites (tertiary alicyclic amines) is 1. The highest BCUT2D eigenvalue weighted by atomic mass is 16.2. The molecule has 2 rings (SSSR count). The van der Waals surface area contributed by atoms with Gasteiger partial charge in [0.25, 0.3) is 5.91 Å².